The third-order valence-electron chi connectivity index (χ3n) is 2.69. The molecule has 112 valence electrons. The summed E-state index contributed by atoms with van der Waals surface area (Å²) in [5.41, 5.74) is -0.0577. The Balaban J connectivity index is 2.55. The Kier molecular flexibility index (Phi) is 3.96. The van der Waals surface area contributed by atoms with E-state index in [0.29, 0.717) is 0 Å². The van der Waals surface area contributed by atoms with Gasteiger partial charge in [-0.25, -0.2) is 22.9 Å². The highest BCUT2D eigenvalue weighted by molar-refractivity contribution is 7.89. The van der Waals surface area contributed by atoms with E-state index < -0.39 is 28.3 Å². The molecule has 1 aromatic rings. The van der Waals surface area contributed by atoms with Crippen molar-refractivity contribution in [2.24, 2.45) is 0 Å². The van der Waals surface area contributed by atoms with Crippen molar-refractivity contribution in [2.75, 3.05) is 11.5 Å². The molecule has 0 spiro atoms. The van der Waals surface area contributed by atoms with E-state index in [1.54, 1.807) is 0 Å². The number of para-hydroxylation sites is 1. The molecule has 8 nitrogen and oxygen atoms in total. The highest BCUT2D eigenvalue weighted by Gasteiger charge is 2.42. The Hall–Kier alpha value is -2.39. The number of anilines is 1. The monoisotopic (exact) mass is 312 g/mol. The van der Waals surface area contributed by atoms with Crippen LogP contribution in [-0.2, 0) is 19.6 Å². The molecule has 0 aromatic heterocycles. The third kappa shape index (κ3) is 2.73. The second-order valence-electron chi connectivity index (χ2n) is 4.07. The number of carbonyl (C=O) groups excluding carboxylic acids is 1. The van der Waals surface area contributed by atoms with Crippen molar-refractivity contribution in [3.05, 3.63) is 36.9 Å². The van der Waals surface area contributed by atoms with Crippen molar-refractivity contribution in [2.45, 2.75) is 11.1 Å². The number of aliphatic carboxylic acids is 1. The zero-order chi connectivity index (χ0) is 15.6. The Morgan fingerprint density at radius 3 is 2.71 bits per heavy atom. The average Bonchev–Trinajstić information content (AvgIpc) is 2.44. The summed E-state index contributed by atoms with van der Waals surface area (Å²) in [7, 11) is -4.02. The topological polar surface area (TPSA) is 113 Å². The molecular formula is C12H12N2O6S. The number of hydrogen-bond donors (Lipinski definition) is 2. The van der Waals surface area contributed by atoms with Gasteiger partial charge in [0.2, 0.25) is 16.2 Å². The number of carboxylic acid groups (broad SMARTS) is 1. The largest absolute Gasteiger partial charge is 0.479 e. The summed E-state index contributed by atoms with van der Waals surface area (Å²) >= 11 is 0. The predicted molar refractivity (Wildman–Crippen MR) is 72.2 cm³/mol. The average molecular weight is 312 g/mol. The van der Waals surface area contributed by atoms with E-state index in [9.17, 15) is 18.0 Å². The Bertz CT molecular complexity index is 699. The zero-order valence-corrected chi connectivity index (χ0v) is 11.5. The van der Waals surface area contributed by atoms with Crippen LogP contribution in [0.3, 0.4) is 0 Å². The lowest BCUT2D eigenvalue weighted by atomic mass is 10.2. The SMILES string of the molecule is C=CCOC(=O)N1c2ccccc2S(=O)(=O)NC1C(=O)O. The fourth-order valence-electron chi connectivity index (χ4n) is 1.85. The maximum Gasteiger partial charge on any atom is 0.416 e. The van der Waals surface area contributed by atoms with Gasteiger partial charge in [-0.1, -0.05) is 24.8 Å². The lowest BCUT2D eigenvalue weighted by Crippen LogP contribution is -2.58. The number of benzene rings is 1. The van der Waals surface area contributed by atoms with E-state index >= 15 is 0 Å². The van der Waals surface area contributed by atoms with Crippen LogP contribution in [0.25, 0.3) is 0 Å². The number of hydrogen-bond acceptors (Lipinski definition) is 5. The highest BCUT2D eigenvalue weighted by atomic mass is 32.2. The summed E-state index contributed by atoms with van der Waals surface area (Å²) in [5, 5.41) is 9.14. The summed E-state index contributed by atoms with van der Waals surface area (Å²) in [5.74, 6) is -1.52. The number of ether oxygens (including phenoxy) is 1. The van der Waals surface area contributed by atoms with Gasteiger partial charge in [0.15, 0.2) is 0 Å². The second-order valence-corrected chi connectivity index (χ2v) is 5.75. The van der Waals surface area contributed by atoms with Gasteiger partial charge in [-0.05, 0) is 12.1 Å². The van der Waals surface area contributed by atoms with Crippen LogP contribution in [0.1, 0.15) is 0 Å². The molecule has 1 atom stereocenters. The maximum absolute atomic E-state index is 12.0. The molecule has 1 amide bonds. The van der Waals surface area contributed by atoms with Crippen LogP contribution in [0, 0.1) is 0 Å². The number of rotatable bonds is 3. The molecule has 1 aliphatic rings. The Morgan fingerprint density at radius 1 is 1.43 bits per heavy atom. The molecule has 1 unspecified atom stereocenters. The Morgan fingerprint density at radius 2 is 2.10 bits per heavy atom. The molecule has 1 heterocycles. The van der Waals surface area contributed by atoms with Gasteiger partial charge in [0, 0.05) is 0 Å². The number of amides is 1. The Labute approximate surface area is 120 Å². The molecule has 21 heavy (non-hydrogen) atoms. The molecule has 1 aliphatic heterocycles. The van der Waals surface area contributed by atoms with Gasteiger partial charge in [0.1, 0.15) is 11.5 Å². The van der Waals surface area contributed by atoms with Crippen LogP contribution < -0.4 is 9.62 Å². The van der Waals surface area contributed by atoms with Gasteiger partial charge in [-0.3, -0.25) is 0 Å². The van der Waals surface area contributed by atoms with Crippen molar-refractivity contribution in [1.82, 2.24) is 4.72 Å². The van der Waals surface area contributed by atoms with Crippen LogP contribution >= 0.6 is 0 Å². The first-order chi connectivity index (χ1) is 9.88. The summed E-state index contributed by atoms with van der Waals surface area (Å²) in [6, 6.07) is 5.56. The van der Waals surface area contributed by atoms with Crippen molar-refractivity contribution >= 4 is 27.8 Å². The predicted octanol–water partition coefficient (Wildman–Crippen LogP) is 0.518. The molecule has 2 N–H and O–H groups in total. The minimum atomic E-state index is -4.02. The number of carboxylic acids is 1. The smallest absolute Gasteiger partial charge is 0.416 e. The summed E-state index contributed by atoms with van der Waals surface area (Å²) in [4.78, 5) is 23.8. The molecule has 0 aliphatic carbocycles. The van der Waals surface area contributed by atoms with Gasteiger partial charge >= 0.3 is 12.1 Å². The number of sulfonamides is 1. The zero-order valence-electron chi connectivity index (χ0n) is 10.7. The lowest BCUT2D eigenvalue weighted by molar-refractivity contribution is -0.138. The number of nitrogens with zero attached hydrogens (tertiary/aromatic N) is 1. The van der Waals surface area contributed by atoms with Gasteiger partial charge in [0.25, 0.3) is 0 Å². The number of carbonyl (C=O) groups is 2. The van der Waals surface area contributed by atoms with Crippen LogP contribution in [0.2, 0.25) is 0 Å². The quantitative estimate of drug-likeness (QED) is 0.787. The molecule has 2 rings (SSSR count). The van der Waals surface area contributed by atoms with Crippen molar-refractivity contribution < 1.29 is 27.9 Å². The van der Waals surface area contributed by atoms with Crippen molar-refractivity contribution in [3.63, 3.8) is 0 Å². The van der Waals surface area contributed by atoms with Gasteiger partial charge in [-0.2, -0.15) is 4.72 Å². The van der Waals surface area contributed by atoms with Gasteiger partial charge in [-0.15, -0.1) is 0 Å². The lowest BCUT2D eigenvalue weighted by Gasteiger charge is -2.33. The molecule has 0 fully saturated rings. The minimum Gasteiger partial charge on any atom is -0.479 e. The first-order valence-electron chi connectivity index (χ1n) is 5.79. The molecule has 0 saturated heterocycles. The summed E-state index contributed by atoms with van der Waals surface area (Å²) in [6.45, 7) is 3.25. The number of nitrogens with one attached hydrogen (secondary N) is 1. The van der Waals surface area contributed by atoms with E-state index in [1.165, 1.54) is 30.3 Å². The molecule has 0 radical (unpaired) electrons. The fraction of sp³-hybridized carbons (Fsp3) is 0.167. The van der Waals surface area contributed by atoms with E-state index in [1.807, 2.05) is 4.72 Å². The van der Waals surface area contributed by atoms with E-state index in [0.717, 1.165) is 4.90 Å². The second kappa shape index (κ2) is 5.54. The fourth-order valence-corrected chi connectivity index (χ4v) is 3.18. The van der Waals surface area contributed by atoms with E-state index in [-0.39, 0.29) is 17.2 Å². The third-order valence-corrected chi connectivity index (χ3v) is 4.15. The normalized spacial score (nSPS) is 19.4. The first kappa shape index (κ1) is 15.0. The van der Waals surface area contributed by atoms with Gasteiger partial charge < -0.3 is 9.84 Å². The van der Waals surface area contributed by atoms with Crippen LogP contribution in [0.15, 0.2) is 41.8 Å². The van der Waals surface area contributed by atoms with Crippen molar-refractivity contribution in [3.8, 4) is 0 Å². The van der Waals surface area contributed by atoms with Crippen LogP contribution in [0.4, 0.5) is 10.5 Å². The molecule has 0 bridgehead atoms. The minimum absolute atomic E-state index is 0.0577. The number of fused-ring (bicyclic) bond motifs is 1. The standard InChI is InChI=1S/C12H12N2O6S/c1-2-7-20-12(17)14-8-5-3-4-6-9(8)21(18,19)13-10(14)11(15)16/h2-6,10,13H,1,7H2,(H,15,16). The van der Waals surface area contributed by atoms with E-state index in [4.69, 9.17) is 9.84 Å². The van der Waals surface area contributed by atoms with Crippen LogP contribution in [0.5, 0.6) is 0 Å². The summed E-state index contributed by atoms with van der Waals surface area (Å²) in [6.07, 6.45) is -1.45. The summed E-state index contributed by atoms with van der Waals surface area (Å²) < 4.78 is 30.7. The van der Waals surface area contributed by atoms with E-state index in [2.05, 4.69) is 6.58 Å². The van der Waals surface area contributed by atoms with Crippen LogP contribution in [-0.4, -0.2) is 38.4 Å². The molecular weight excluding hydrogens is 300 g/mol. The van der Waals surface area contributed by atoms with Crippen molar-refractivity contribution in [1.29, 1.82) is 0 Å². The van der Waals surface area contributed by atoms with Gasteiger partial charge in [0.05, 0.1) is 5.69 Å². The highest BCUT2D eigenvalue weighted by Crippen LogP contribution is 2.31. The first-order valence-corrected chi connectivity index (χ1v) is 7.28. The maximum atomic E-state index is 12.0. The molecule has 1 aromatic carbocycles. The molecule has 9 heteroatoms. The molecule has 0 saturated carbocycles.